The molecule has 0 spiro atoms. The molecule has 0 bridgehead atoms. The molecule has 4 heteroatoms. The van der Waals surface area contributed by atoms with Crippen molar-refractivity contribution in [3.63, 3.8) is 0 Å². The van der Waals surface area contributed by atoms with E-state index in [1.165, 1.54) is 0 Å². The fourth-order valence-electron chi connectivity index (χ4n) is 0.293. The van der Waals surface area contributed by atoms with E-state index in [1.807, 2.05) is 6.92 Å². The van der Waals surface area contributed by atoms with Crippen molar-refractivity contribution in [1.29, 1.82) is 0 Å². The van der Waals surface area contributed by atoms with Gasteiger partial charge in [-0.1, -0.05) is 13.8 Å². The third-order valence-electron chi connectivity index (χ3n) is 1.14. The number of rotatable bonds is 3. The molecule has 0 saturated heterocycles. The topological polar surface area (TPSA) is 43.4 Å². The van der Waals surface area contributed by atoms with Gasteiger partial charge in [-0.2, -0.15) is 0 Å². The van der Waals surface area contributed by atoms with Crippen LogP contribution in [-0.4, -0.2) is 5.97 Å². The predicted molar refractivity (Wildman–Crippen MR) is 33.2 cm³/mol. The molecule has 0 heterocycles. The second kappa shape index (κ2) is 4.45. The minimum atomic E-state index is -0.556. The maximum absolute atomic E-state index is 10.5. The molecule has 1 atom stereocenters. The predicted octanol–water partition coefficient (Wildman–Crippen LogP) is 1.78. The molecule has 0 N–H and O–H groups in total. The molecule has 0 saturated carbocycles. The number of carbonyl (C=O) groups is 1. The lowest BCUT2D eigenvalue weighted by Gasteiger charge is -2.00. The van der Waals surface area contributed by atoms with Crippen LogP contribution in [0.3, 0.4) is 0 Å². The second-order valence-corrected chi connectivity index (χ2v) is 2.13. The summed E-state index contributed by atoms with van der Waals surface area (Å²) in [5.41, 5.74) is 0. The highest BCUT2D eigenvalue weighted by atomic mass is 31.1. The van der Waals surface area contributed by atoms with E-state index in [9.17, 15) is 9.36 Å². The first-order valence-electron chi connectivity index (χ1n) is 2.75. The Morgan fingerprint density at radius 2 is 2.33 bits per heavy atom. The zero-order valence-corrected chi connectivity index (χ0v) is 6.35. The van der Waals surface area contributed by atoms with Crippen molar-refractivity contribution in [3.8, 4) is 0 Å². The van der Waals surface area contributed by atoms with E-state index >= 15 is 0 Å². The standard InChI is InChI=1S/C5H9O3P/c1-3-4(2)5(6)8-9-7/h4H,3H2,1-2H3. The summed E-state index contributed by atoms with van der Waals surface area (Å²) in [6.45, 7) is 3.60. The first kappa shape index (κ1) is 8.57. The molecule has 0 aromatic carbocycles. The van der Waals surface area contributed by atoms with Gasteiger partial charge in [-0.3, -0.25) is 4.79 Å². The Hall–Kier alpha value is -0.430. The molecule has 3 nitrogen and oxygen atoms in total. The minimum Gasteiger partial charge on any atom is -0.373 e. The third kappa shape index (κ3) is 3.20. The van der Waals surface area contributed by atoms with Crippen LogP contribution in [0.2, 0.25) is 0 Å². The smallest absolute Gasteiger partial charge is 0.373 e. The molecule has 1 unspecified atom stereocenters. The van der Waals surface area contributed by atoms with E-state index in [2.05, 4.69) is 4.52 Å². The van der Waals surface area contributed by atoms with Crippen molar-refractivity contribution < 1.29 is 13.9 Å². The quantitative estimate of drug-likeness (QED) is 0.573. The zero-order valence-electron chi connectivity index (χ0n) is 5.46. The van der Waals surface area contributed by atoms with Gasteiger partial charge in [0.1, 0.15) is 0 Å². The van der Waals surface area contributed by atoms with Crippen LogP contribution >= 0.6 is 8.69 Å². The summed E-state index contributed by atoms with van der Waals surface area (Å²) in [6, 6.07) is 0. The second-order valence-electron chi connectivity index (χ2n) is 1.79. The van der Waals surface area contributed by atoms with Crippen LogP contribution in [0.25, 0.3) is 0 Å². The van der Waals surface area contributed by atoms with Gasteiger partial charge in [-0.25, -0.2) is 4.57 Å². The maximum Gasteiger partial charge on any atom is 0.398 e. The van der Waals surface area contributed by atoms with Gasteiger partial charge >= 0.3 is 14.7 Å². The Morgan fingerprint density at radius 3 is 2.67 bits per heavy atom. The summed E-state index contributed by atoms with van der Waals surface area (Å²) in [6.07, 6.45) is 0.717. The summed E-state index contributed by atoms with van der Waals surface area (Å²) in [4.78, 5) is 10.5. The molecule has 52 valence electrons. The van der Waals surface area contributed by atoms with Gasteiger partial charge < -0.3 is 4.52 Å². The number of hydrogen-bond acceptors (Lipinski definition) is 3. The monoisotopic (exact) mass is 148 g/mol. The molecule has 0 amide bonds. The fourth-order valence-corrected chi connectivity index (χ4v) is 0.547. The Balaban J connectivity index is 3.58. The van der Waals surface area contributed by atoms with Crippen LogP contribution in [0, 0.1) is 5.92 Å². The van der Waals surface area contributed by atoms with Gasteiger partial charge in [-0.15, -0.1) is 0 Å². The van der Waals surface area contributed by atoms with E-state index in [1.54, 1.807) is 6.92 Å². The van der Waals surface area contributed by atoms with Gasteiger partial charge in [0.15, 0.2) is 0 Å². The lowest BCUT2D eigenvalue weighted by molar-refractivity contribution is -0.137. The highest BCUT2D eigenvalue weighted by molar-refractivity contribution is 7.18. The normalized spacial score (nSPS) is 13.1. The SMILES string of the molecule is CCC(C)C(=O)OP=O. The zero-order chi connectivity index (χ0) is 7.28. The molecule has 0 aromatic rings. The molecule has 0 rings (SSSR count). The molecular formula is C5H9O3P. The summed E-state index contributed by atoms with van der Waals surface area (Å²) in [5, 5.41) is 0. The lowest BCUT2D eigenvalue weighted by atomic mass is 10.1. The molecule has 0 aliphatic heterocycles. The third-order valence-corrected chi connectivity index (χ3v) is 1.40. The summed E-state index contributed by atoms with van der Waals surface area (Å²) in [7, 11) is -0.556. The van der Waals surface area contributed by atoms with Crippen molar-refractivity contribution in [1.82, 2.24) is 0 Å². The van der Waals surface area contributed by atoms with Gasteiger partial charge in [0, 0.05) is 0 Å². The van der Waals surface area contributed by atoms with Crippen LogP contribution in [0.15, 0.2) is 0 Å². The van der Waals surface area contributed by atoms with Crippen LogP contribution in [0.4, 0.5) is 0 Å². The van der Waals surface area contributed by atoms with Gasteiger partial charge in [0.2, 0.25) is 0 Å². The average Bonchev–Trinajstić information content (AvgIpc) is 1.87. The first-order chi connectivity index (χ1) is 4.22. The molecule has 0 aliphatic carbocycles. The van der Waals surface area contributed by atoms with Gasteiger partial charge in [-0.05, 0) is 6.42 Å². The molecular weight excluding hydrogens is 139 g/mol. The van der Waals surface area contributed by atoms with E-state index in [4.69, 9.17) is 0 Å². The van der Waals surface area contributed by atoms with Crippen molar-refractivity contribution in [2.75, 3.05) is 0 Å². The van der Waals surface area contributed by atoms with Gasteiger partial charge in [0.25, 0.3) is 0 Å². The van der Waals surface area contributed by atoms with E-state index in [-0.39, 0.29) is 5.92 Å². The lowest BCUT2D eigenvalue weighted by Crippen LogP contribution is -2.08. The van der Waals surface area contributed by atoms with Crippen molar-refractivity contribution in [2.24, 2.45) is 5.92 Å². The minimum absolute atomic E-state index is 0.147. The van der Waals surface area contributed by atoms with Crippen molar-refractivity contribution >= 4 is 14.7 Å². The molecule has 9 heavy (non-hydrogen) atoms. The molecule has 0 aliphatic rings. The fraction of sp³-hybridized carbons (Fsp3) is 0.800. The summed E-state index contributed by atoms with van der Waals surface area (Å²) in [5.74, 6) is -0.555. The molecule has 0 fully saturated rings. The van der Waals surface area contributed by atoms with Crippen LogP contribution in [0.5, 0.6) is 0 Å². The Kier molecular flexibility index (Phi) is 4.24. The Morgan fingerprint density at radius 1 is 1.78 bits per heavy atom. The van der Waals surface area contributed by atoms with Crippen LogP contribution in [0.1, 0.15) is 20.3 Å². The maximum atomic E-state index is 10.5. The summed E-state index contributed by atoms with van der Waals surface area (Å²) < 4.78 is 13.9. The Labute approximate surface area is 55.7 Å². The number of hydrogen-bond donors (Lipinski definition) is 0. The van der Waals surface area contributed by atoms with Crippen LogP contribution < -0.4 is 0 Å². The molecule has 0 aromatic heterocycles. The van der Waals surface area contributed by atoms with Crippen molar-refractivity contribution in [2.45, 2.75) is 20.3 Å². The average molecular weight is 148 g/mol. The highest BCUT2D eigenvalue weighted by Crippen LogP contribution is 2.07. The largest absolute Gasteiger partial charge is 0.398 e. The highest BCUT2D eigenvalue weighted by Gasteiger charge is 2.10. The van der Waals surface area contributed by atoms with E-state index < -0.39 is 14.7 Å². The number of carbonyl (C=O) groups excluding carboxylic acids is 1. The van der Waals surface area contributed by atoms with Crippen LogP contribution in [-0.2, 0) is 13.9 Å². The molecule has 0 radical (unpaired) electrons. The first-order valence-corrected chi connectivity index (χ1v) is 3.49. The summed E-state index contributed by atoms with van der Waals surface area (Å²) >= 11 is 0. The Bertz CT molecular complexity index is 113. The van der Waals surface area contributed by atoms with E-state index in [0.29, 0.717) is 6.42 Å². The van der Waals surface area contributed by atoms with Gasteiger partial charge in [0.05, 0.1) is 5.92 Å². The van der Waals surface area contributed by atoms with E-state index in [0.717, 1.165) is 0 Å². The van der Waals surface area contributed by atoms with Crippen molar-refractivity contribution in [3.05, 3.63) is 0 Å².